The maximum atomic E-state index is 13.1. The second kappa shape index (κ2) is 8.23. The predicted molar refractivity (Wildman–Crippen MR) is 124 cm³/mol. The van der Waals surface area contributed by atoms with Crippen molar-refractivity contribution in [1.82, 2.24) is 10.1 Å². The first kappa shape index (κ1) is 20.4. The van der Waals surface area contributed by atoms with Crippen LogP contribution in [0.4, 0.5) is 17.1 Å². The predicted octanol–water partition coefficient (Wildman–Crippen LogP) is 5.37. The number of aromatic nitrogens is 2. The van der Waals surface area contributed by atoms with E-state index in [2.05, 4.69) is 25.5 Å². The van der Waals surface area contributed by atoms with Gasteiger partial charge in [0, 0.05) is 21.5 Å². The van der Waals surface area contributed by atoms with E-state index in [4.69, 9.17) is 22.3 Å². The third-order valence-electron chi connectivity index (χ3n) is 5.26. The number of fused-ring (bicyclic) bond motifs is 3. The van der Waals surface area contributed by atoms with E-state index in [0.29, 0.717) is 28.5 Å². The first-order valence-corrected chi connectivity index (χ1v) is 10.3. The largest absolute Gasteiger partial charge is 0.348 e. The third kappa shape index (κ3) is 3.82. The van der Waals surface area contributed by atoms with Crippen LogP contribution in [0.15, 0.2) is 64.2 Å². The fourth-order valence-electron chi connectivity index (χ4n) is 3.85. The summed E-state index contributed by atoms with van der Waals surface area (Å²) in [7, 11) is 0. The summed E-state index contributed by atoms with van der Waals surface area (Å²) in [5, 5.41) is 10.8. The van der Waals surface area contributed by atoms with Crippen molar-refractivity contribution < 1.29 is 14.1 Å². The Bertz CT molecular complexity index is 1530. The highest BCUT2D eigenvalue weighted by molar-refractivity contribution is 7.71. The molecule has 10 nitrogen and oxygen atoms in total. The number of aromatic amines is 1. The molecule has 1 aromatic heterocycles. The summed E-state index contributed by atoms with van der Waals surface area (Å²) in [5.41, 5.74) is 11.7. The Morgan fingerprint density at radius 1 is 1.18 bits per heavy atom. The molecule has 0 saturated heterocycles. The van der Waals surface area contributed by atoms with Gasteiger partial charge in [-0.1, -0.05) is 35.4 Å². The van der Waals surface area contributed by atoms with E-state index >= 15 is 0 Å². The van der Waals surface area contributed by atoms with Crippen molar-refractivity contribution in [2.45, 2.75) is 13.0 Å². The minimum Gasteiger partial charge on any atom is -0.348 e. The maximum Gasteiger partial charge on any atom is 0.314 e. The van der Waals surface area contributed by atoms with Crippen LogP contribution in [0.25, 0.3) is 32.6 Å². The molecule has 0 bridgehead atoms. The van der Waals surface area contributed by atoms with Gasteiger partial charge in [-0.25, -0.2) is 5.16 Å². The molecule has 2 amide bonds. The number of hydrogen-bond donors (Lipinski definition) is 2. The highest BCUT2D eigenvalue weighted by atomic mass is 32.1. The third-order valence-corrected chi connectivity index (χ3v) is 5.44. The number of rotatable bonds is 4. The number of carbonyl (C=O) groups is 2. The molecule has 2 N–H and O–H groups in total. The molecule has 0 atom stereocenters. The number of hydrogen-bond acceptors (Lipinski definition) is 6. The number of nitrogens with zero attached hydrogens (tertiary/aromatic N) is 5. The van der Waals surface area contributed by atoms with Gasteiger partial charge in [0.1, 0.15) is 6.42 Å². The first-order chi connectivity index (χ1) is 16.0. The summed E-state index contributed by atoms with van der Waals surface area (Å²) in [6.07, 6.45) is -0.314. The number of amides is 2. The lowest BCUT2D eigenvalue weighted by atomic mass is 10.0. The molecular weight excluding hydrogens is 442 g/mol. The molecule has 5 rings (SSSR count). The van der Waals surface area contributed by atoms with E-state index in [-0.39, 0.29) is 23.7 Å². The monoisotopic (exact) mass is 457 g/mol. The van der Waals surface area contributed by atoms with E-state index in [1.165, 1.54) is 4.90 Å². The van der Waals surface area contributed by atoms with Crippen LogP contribution in [-0.4, -0.2) is 22.0 Å². The Morgan fingerprint density at radius 3 is 2.82 bits per heavy atom. The van der Waals surface area contributed by atoms with Gasteiger partial charge >= 0.3 is 4.84 Å². The van der Waals surface area contributed by atoms with Gasteiger partial charge in [0.15, 0.2) is 5.82 Å². The Hall–Kier alpha value is -4.47. The van der Waals surface area contributed by atoms with Gasteiger partial charge in [-0.3, -0.25) is 14.5 Å². The Kier molecular flexibility index (Phi) is 5.09. The number of carbonyl (C=O) groups excluding carboxylic acids is 2. The molecule has 162 valence electrons. The maximum absolute atomic E-state index is 13.1. The second-order valence-electron chi connectivity index (χ2n) is 7.34. The van der Waals surface area contributed by atoms with Crippen molar-refractivity contribution in [2.24, 2.45) is 5.11 Å². The topological polar surface area (TPSA) is 140 Å². The molecule has 0 aliphatic carbocycles. The summed E-state index contributed by atoms with van der Waals surface area (Å²) in [5.74, 6) is -0.353. The normalized spacial score (nSPS) is 13.3. The van der Waals surface area contributed by atoms with Crippen molar-refractivity contribution in [3.05, 3.63) is 75.4 Å². The van der Waals surface area contributed by atoms with Gasteiger partial charge in [0.2, 0.25) is 11.8 Å². The first-order valence-electron chi connectivity index (χ1n) is 9.89. The molecule has 11 heteroatoms. The van der Waals surface area contributed by atoms with Crippen LogP contribution < -0.4 is 10.2 Å². The lowest BCUT2D eigenvalue weighted by Crippen LogP contribution is -2.26. The highest BCUT2D eigenvalue weighted by Crippen LogP contribution is 2.41. The standard InChI is InChI=1S/C22H15N7O3S/c23-28-24-11-12-4-5-13-6-7-17-20(16(13)8-12)25-18(30)10-19(31)29(17)15-3-1-2-14(9-15)21-26-22(33)32-27-21/h1-9H,10-11H2,(H,25,30)(H,26,27,33). The van der Waals surface area contributed by atoms with Crippen molar-refractivity contribution in [1.29, 1.82) is 0 Å². The molecule has 1 aliphatic heterocycles. The van der Waals surface area contributed by atoms with Crippen LogP contribution in [0.1, 0.15) is 12.0 Å². The molecular formula is C22H15N7O3S. The van der Waals surface area contributed by atoms with Gasteiger partial charge < -0.3 is 9.84 Å². The minimum absolute atomic E-state index is 0.0735. The molecule has 4 aromatic rings. The number of H-pyrrole nitrogens is 1. The van der Waals surface area contributed by atoms with Crippen LogP contribution >= 0.6 is 12.2 Å². The van der Waals surface area contributed by atoms with Crippen molar-refractivity contribution in [3.8, 4) is 11.4 Å². The van der Waals surface area contributed by atoms with E-state index in [1.54, 1.807) is 24.3 Å². The zero-order valence-corrected chi connectivity index (χ0v) is 17.8. The van der Waals surface area contributed by atoms with Gasteiger partial charge in [-0.05, 0) is 53.0 Å². The number of azide groups is 1. The number of anilines is 3. The van der Waals surface area contributed by atoms with Crippen LogP contribution in [0, 0.1) is 4.84 Å². The van der Waals surface area contributed by atoms with Crippen LogP contribution in [0.2, 0.25) is 0 Å². The average Bonchev–Trinajstić information content (AvgIpc) is 3.20. The molecule has 0 radical (unpaired) electrons. The summed E-state index contributed by atoms with van der Waals surface area (Å²) in [4.78, 5) is 34.2. The lowest BCUT2D eigenvalue weighted by Gasteiger charge is -2.24. The Balaban J connectivity index is 1.69. The summed E-state index contributed by atoms with van der Waals surface area (Å²) < 4.78 is 5.02. The molecule has 33 heavy (non-hydrogen) atoms. The van der Waals surface area contributed by atoms with E-state index < -0.39 is 5.91 Å². The Morgan fingerprint density at radius 2 is 2.03 bits per heavy atom. The van der Waals surface area contributed by atoms with E-state index in [0.717, 1.165) is 16.3 Å². The van der Waals surface area contributed by atoms with Gasteiger partial charge in [-0.15, -0.1) is 0 Å². The van der Waals surface area contributed by atoms with Gasteiger partial charge in [-0.2, -0.15) is 4.98 Å². The van der Waals surface area contributed by atoms with Crippen molar-refractivity contribution in [3.63, 3.8) is 0 Å². The average molecular weight is 457 g/mol. The smallest absolute Gasteiger partial charge is 0.314 e. The lowest BCUT2D eigenvalue weighted by molar-refractivity contribution is -0.124. The molecule has 1 aliphatic rings. The van der Waals surface area contributed by atoms with Gasteiger partial charge in [0.25, 0.3) is 0 Å². The second-order valence-corrected chi connectivity index (χ2v) is 7.69. The van der Waals surface area contributed by atoms with Crippen molar-refractivity contribution >= 4 is 51.9 Å². The fraction of sp³-hybridized carbons (Fsp3) is 0.0909. The summed E-state index contributed by atoms with van der Waals surface area (Å²) >= 11 is 4.93. The van der Waals surface area contributed by atoms with Crippen LogP contribution in [0.5, 0.6) is 0 Å². The summed E-state index contributed by atoms with van der Waals surface area (Å²) in [6.45, 7) is 0.174. The van der Waals surface area contributed by atoms with E-state index in [9.17, 15) is 9.59 Å². The van der Waals surface area contributed by atoms with Crippen LogP contribution in [-0.2, 0) is 16.1 Å². The highest BCUT2D eigenvalue weighted by Gasteiger charge is 2.29. The Labute approximate surface area is 191 Å². The molecule has 2 heterocycles. The van der Waals surface area contributed by atoms with Crippen LogP contribution in [0.3, 0.4) is 0 Å². The summed E-state index contributed by atoms with van der Waals surface area (Å²) in [6, 6.07) is 16.4. The zero-order valence-electron chi connectivity index (χ0n) is 17.0. The minimum atomic E-state index is -0.409. The molecule has 3 aromatic carbocycles. The molecule has 0 fully saturated rings. The quantitative estimate of drug-likeness (QED) is 0.139. The van der Waals surface area contributed by atoms with E-state index in [1.807, 2.05) is 30.3 Å². The molecule has 0 saturated carbocycles. The number of nitrogens with one attached hydrogen (secondary N) is 2. The molecule has 0 unspecified atom stereocenters. The molecule has 0 spiro atoms. The van der Waals surface area contributed by atoms with Crippen molar-refractivity contribution in [2.75, 3.05) is 10.2 Å². The fourth-order valence-corrected chi connectivity index (χ4v) is 3.98. The number of benzene rings is 3. The SMILES string of the molecule is [N-]=[N+]=NCc1ccc2ccc3c(c2c1)NC(=O)CC(=O)N3c1cccc(-c2nc(=S)o[nH]2)c1. The zero-order chi connectivity index (χ0) is 22.9. The van der Waals surface area contributed by atoms with Gasteiger partial charge in [0.05, 0.1) is 17.9 Å².